The van der Waals surface area contributed by atoms with Crippen molar-refractivity contribution in [1.29, 1.82) is 0 Å². The summed E-state index contributed by atoms with van der Waals surface area (Å²) in [5.41, 5.74) is 5.72. The molecule has 1 aliphatic rings. The molecule has 1 fully saturated rings. The Balaban J connectivity index is 1.83. The number of nitrogens with zero attached hydrogens (tertiary/aromatic N) is 3. The maximum absolute atomic E-state index is 11.8. The summed E-state index contributed by atoms with van der Waals surface area (Å²) >= 11 is 0. The molecule has 3 N–H and O–H groups in total. The van der Waals surface area contributed by atoms with Crippen LogP contribution in [0.15, 0.2) is 12.7 Å². The highest BCUT2D eigenvalue weighted by atomic mass is 16.2. The molecule has 1 heterocycles. The van der Waals surface area contributed by atoms with E-state index in [1.54, 1.807) is 0 Å². The van der Waals surface area contributed by atoms with Gasteiger partial charge in [-0.05, 0) is 18.8 Å². The molecule has 1 aromatic heterocycles. The van der Waals surface area contributed by atoms with Crippen LogP contribution in [0.25, 0.3) is 0 Å². The molecular weight excluding hydrogens is 218 g/mol. The third-order valence-corrected chi connectivity index (χ3v) is 3.34. The van der Waals surface area contributed by atoms with Crippen LogP contribution in [0.5, 0.6) is 0 Å². The van der Waals surface area contributed by atoms with Gasteiger partial charge in [0.15, 0.2) is 0 Å². The van der Waals surface area contributed by atoms with Crippen molar-refractivity contribution in [3.63, 3.8) is 0 Å². The van der Waals surface area contributed by atoms with E-state index in [0.29, 0.717) is 12.5 Å². The van der Waals surface area contributed by atoms with Crippen LogP contribution in [0.2, 0.25) is 0 Å². The Morgan fingerprint density at radius 3 is 2.88 bits per heavy atom. The summed E-state index contributed by atoms with van der Waals surface area (Å²) < 4.78 is 1.51. The van der Waals surface area contributed by atoms with Gasteiger partial charge in [0.25, 0.3) is 0 Å². The maximum Gasteiger partial charge on any atom is 0.242 e. The summed E-state index contributed by atoms with van der Waals surface area (Å²) in [4.78, 5) is 15.6. The first kappa shape index (κ1) is 12.0. The lowest BCUT2D eigenvalue weighted by molar-refractivity contribution is -0.122. The van der Waals surface area contributed by atoms with E-state index in [4.69, 9.17) is 5.73 Å². The number of hydrogen-bond donors (Lipinski definition) is 2. The van der Waals surface area contributed by atoms with E-state index in [-0.39, 0.29) is 18.5 Å². The first-order valence-electron chi connectivity index (χ1n) is 6.11. The smallest absolute Gasteiger partial charge is 0.242 e. The van der Waals surface area contributed by atoms with Gasteiger partial charge in [-0.15, -0.1) is 0 Å². The Bertz CT molecular complexity index is 345. The molecule has 1 aromatic rings. The Kier molecular flexibility index (Phi) is 4.08. The maximum atomic E-state index is 11.8. The molecule has 2 rings (SSSR count). The van der Waals surface area contributed by atoms with Crippen LogP contribution in [0, 0.1) is 5.92 Å². The lowest BCUT2D eigenvalue weighted by Crippen LogP contribution is -2.45. The van der Waals surface area contributed by atoms with Gasteiger partial charge in [-0.25, -0.2) is 9.67 Å². The number of carbonyl (C=O) groups is 1. The molecule has 6 heteroatoms. The molecule has 1 atom stereocenters. The standard InChI is InChI=1S/C11H19N5O/c12-5-10(9-3-1-2-4-9)15-11(17)6-16-8-13-7-14-16/h7-10H,1-6,12H2,(H,15,17). The van der Waals surface area contributed by atoms with Crippen LogP contribution in [-0.2, 0) is 11.3 Å². The van der Waals surface area contributed by atoms with Crippen molar-refractivity contribution in [2.24, 2.45) is 11.7 Å². The molecule has 94 valence electrons. The fourth-order valence-electron chi connectivity index (χ4n) is 2.44. The van der Waals surface area contributed by atoms with E-state index in [9.17, 15) is 4.79 Å². The average Bonchev–Trinajstić information content (AvgIpc) is 2.97. The van der Waals surface area contributed by atoms with Gasteiger partial charge in [0, 0.05) is 12.6 Å². The lowest BCUT2D eigenvalue weighted by atomic mass is 9.98. The van der Waals surface area contributed by atoms with Gasteiger partial charge in [-0.3, -0.25) is 4.79 Å². The monoisotopic (exact) mass is 237 g/mol. The molecule has 0 aliphatic heterocycles. The predicted octanol–water partition coefficient (Wildman–Crippen LogP) is -0.0882. The molecule has 1 saturated carbocycles. The van der Waals surface area contributed by atoms with Gasteiger partial charge in [-0.2, -0.15) is 5.10 Å². The molecule has 0 spiro atoms. The molecule has 0 aromatic carbocycles. The number of nitrogens with one attached hydrogen (secondary N) is 1. The number of rotatable bonds is 5. The van der Waals surface area contributed by atoms with Crippen LogP contribution in [-0.4, -0.2) is 33.3 Å². The van der Waals surface area contributed by atoms with E-state index < -0.39 is 0 Å². The van der Waals surface area contributed by atoms with Gasteiger partial charge < -0.3 is 11.1 Å². The van der Waals surface area contributed by atoms with Crippen molar-refractivity contribution in [1.82, 2.24) is 20.1 Å². The summed E-state index contributed by atoms with van der Waals surface area (Å²) in [6.07, 6.45) is 7.80. The van der Waals surface area contributed by atoms with Crippen molar-refractivity contribution in [3.8, 4) is 0 Å². The van der Waals surface area contributed by atoms with Crippen LogP contribution in [0.1, 0.15) is 25.7 Å². The Labute approximate surface area is 101 Å². The number of carbonyl (C=O) groups excluding carboxylic acids is 1. The summed E-state index contributed by atoms with van der Waals surface area (Å²) in [6.45, 7) is 0.719. The summed E-state index contributed by atoms with van der Waals surface area (Å²) in [7, 11) is 0. The first-order valence-corrected chi connectivity index (χ1v) is 6.11. The molecule has 0 bridgehead atoms. The summed E-state index contributed by atoms with van der Waals surface area (Å²) in [6, 6.07) is 0.105. The van der Waals surface area contributed by atoms with Crippen molar-refractivity contribution < 1.29 is 4.79 Å². The Hall–Kier alpha value is -1.43. The zero-order valence-corrected chi connectivity index (χ0v) is 9.88. The minimum atomic E-state index is -0.0437. The fourth-order valence-corrected chi connectivity index (χ4v) is 2.44. The second kappa shape index (κ2) is 5.77. The Morgan fingerprint density at radius 1 is 1.53 bits per heavy atom. The second-order valence-corrected chi connectivity index (χ2v) is 4.55. The second-order valence-electron chi connectivity index (χ2n) is 4.55. The minimum absolute atomic E-state index is 0.0437. The zero-order chi connectivity index (χ0) is 12.1. The molecule has 1 amide bonds. The number of nitrogens with two attached hydrogens (primary N) is 1. The highest BCUT2D eigenvalue weighted by Gasteiger charge is 2.25. The van der Waals surface area contributed by atoms with Gasteiger partial charge in [-0.1, -0.05) is 12.8 Å². The third kappa shape index (κ3) is 3.26. The molecule has 0 radical (unpaired) electrons. The minimum Gasteiger partial charge on any atom is -0.350 e. The van der Waals surface area contributed by atoms with Crippen molar-refractivity contribution in [2.75, 3.05) is 6.54 Å². The molecular formula is C11H19N5O. The van der Waals surface area contributed by atoms with E-state index in [0.717, 1.165) is 0 Å². The van der Waals surface area contributed by atoms with Crippen LogP contribution < -0.4 is 11.1 Å². The van der Waals surface area contributed by atoms with E-state index >= 15 is 0 Å². The lowest BCUT2D eigenvalue weighted by Gasteiger charge is -2.23. The topological polar surface area (TPSA) is 85.8 Å². The molecule has 1 aliphatic carbocycles. The SMILES string of the molecule is NCC(NC(=O)Cn1cncn1)C1CCCC1. The molecule has 1 unspecified atom stereocenters. The van der Waals surface area contributed by atoms with E-state index in [1.807, 2.05) is 0 Å². The highest BCUT2D eigenvalue weighted by molar-refractivity contribution is 5.75. The largest absolute Gasteiger partial charge is 0.350 e. The summed E-state index contributed by atoms with van der Waals surface area (Å²) in [5.74, 6) is 0.498. The van der Waals surface area contributed by atoms with Gasteiger partial charge in [0.2, 0.25) is 5.91 Å². The van der Waals surface area contributed by atoms with E-state index in [2.05, 4.69) is 15.4 Å². The average molecular weight is 237 g/mol. The van der Waals surface area contributed by atoms with E-state index in [1.165, 1.54) is 43.0 Å². The molecule has 17 heavy (non-hydrogen) atoms. The highest BCUT2D eigenvalue weighted by Crippen LogP contribution is 2.27. The van der Waals surface area contributed by atoms with Crippen molar-refractivity contribution in [3.05, 3.63) is 12.7 Å². The zero-order valence-electron chi connectivity index (χ0n) is 9.88. The van der Waals surface area contributed by atoms with Gasteiger partial charge in [0.05, 0.1) is 0 Å². The normalized spacial score (nSPS) is 18.2. The number of hydrogen-bond acceptors (Lipinski definition) is 4. The first-order chi connectivity index (χ1) is 8.29. The van der Waals surface area contributed by atoms with Crippen LogP contribution in [0.3, 0.4) is 0 Å². The van der Waals surface area contributed by atoms with Crippen molar-refractivity contribution in [2.45, 2.75) is 38.3 Å². The van der Waals surface area contributed by atoms with Crippen molar-refractivity contribution >= 4 is 5.91 Å². The van der Waals surface area contributed by atoms with Crippen LogP contribution >= 0.6 is 0 Å². The fraction of sp³-hybridized carbons (Fsp3) is 0.727. The number of aromatic nitrogens is 3. The van der Waals surface area contributed by atoms with Crippen LogP contribution in [0.4, 0.5) is 0 Å². The van der Waals surface area contributed by atoms with Gasteiger partial charge in [0.1, 0.15) is 19.2 Å². The Morgan fingerprint density at radius 2 is 2.29 bits per heavy atom. The summed E-state index contributed by atoms with van der Waals surface area (Å²) in [5, 5.41) is 6.89. The molecule has 0 saturated heterocycles. The number of amides is 1. The van der Waals surface area contributed by atoms with Gasteiger partial charge >= 0.3 is 0 Å². The molecule has 6 nitrogen and oxygen atoms in total. The predicted molar refractivity (Wildman–Crippen MR) is 63.0 cm³/mol. The quantitative estimate of drug-likeness (QED) is 0.749. The third-order valence-electron chi connectivity index (χ3n) is 3.34.